The van der Waals surface area contributed by atoms with Gasteiger partial charge in [-0.2, -0.15) is 39.5 Å². The van der Waals surface area contributed by atoms with Gasteiger partial charge in [0.15, 0.2) is 0 Å². The zero-order valence-electron chi connectivity index (χ0n) is 19.3. The van der Waals surface area contributed by atoms with E-state index in [9.17, 15) is 39.5 Å². The summed E-state index contributed by atoms with van der Waals surface area (Å²) in [6, 6.07) is 26.0. The van der Waals surface area contributed by atoms with Gasteiger partial charge in [-0.05, 0) is 32.3 Å². The number of hydrogen-bond donors (Lipinski definition) is 3. The molecule has 0 spiro atoms. The molecular weight excluding hydrogens is 549 g/mol. The fourth-order valence-electron chi connectivity index (χ4n) is 2.86. The van der Waals surface area contributed by atoms with Crippen LogP contribution in [0.15, 0.2) is 72.8 Å². The van der Waals surface area contributed by atoms with Crippen molar-refractivity contribution in [2.75, 3.05) is 0 Å². The van der Waals surface area contributed by atoms with Crippen LogP contribution in [0.25, 0.3) is 32.3 Å². The second kappa shape index (κ2) is 12.8. The number of carbonyl (C=O) groups excluding carboxylic acids is 3. The van der Waals surface area contributed by atoms with Crippen LogP contribution in [-0.4, -0.2) is 36.3 Å². The Morgan fingerprint density at radius 2 is 0.487 bits per heavy atom. The first-order valence-electron chi connectivity index (χ1n) is 10.2. The van der Waals surface area contributed by atoms with Crippen molar-refractivity contribution in [1.82, 2.24) is 0 Å². The predicted octanol–water partition coefficient (Wildman–Crippen LogP) is 5.25. The Morgan fingerprint density at radius 3 is 0.564 bits per heavy atom. The lowest BCUT2D eigenvalue weighted by molar-refractivity contribution is -0.169. The summed E-state index contributed by atoms with van der Waals surface area (Å²) in [6.45, 7) is 0. The molecule has 4 aromatic rings. The van der Waals surface area contributed by atoms with Gasteiger partial charge in [0, 0.05) is 0 Å². The number of nitrogens with two attached hydrogens (primary N) is 3. The maximum absolute atomic E-state index is 10.7. The molecule has 0 radical (unpaired) electrons. The third-order valence-electron chi connectivity index (χ3n) is 4.49. The zero-order chi connectivity index (χ0) is 30.2. The van der Waals surface area contributed by atoms with Crippen LogP contribution in [0.3, 0.4) is 0 Å². The molecule has 0 saturated heterocycles. The average Bonchev–Trinajstić information content (AvgIpc) is 2.84. The zero-order valence-corrected chi connectivity index (χ0v) is 19.3. The lowest BCUT2D eigenvalue weighted by Gasteiger charge is -2.09. The van der Waals surface area contributed by atoms with Crippen molar-refractivity contribution in [3.8, 4) is 0 Å². The highest BCUT2D eigenvalue weighted by Gasteiger charge is 2.36. The van der Waals surface area contributed by atoms with Gasteiger partial charge in [-0.15, -0.1) is 0 Å². The summed E-state index contributed by atoms with van der Waals surface area (Å²) in [6.07, 6.45) is -14.6. The number of hydrogen-bond acceptors (Lipinski definition) is 3. The van der Waals surface area contributed by atoms with Crippen LogP contribution >= 0.6 is 0 Å². The van der Waals surface area contributed by atoms with Crippen molar-refractivity contribution in [2.24, 2.45) is 17.2 Å². The van der Waals surface area contributed by atoms with E-state index in [0.717, 1.165) is 0 Å². The van der Waals surface area contributed by atoms with Crippen LogP contribution in [0.4, 0.5) is 39.5 Å². The summed E-state index contributed by atoms with van der Waals surface area (Å²) in [5.74, 6) is -6.77. The van der Waals surface area contributed by atoms with E-state index in [4.69, 9.17) is 14.4 Å². The van der Waals surface area contributed by atoms with Crippen LogP contribution in [0.2, 0.25) is 0 Å². The molecule has 6 N–H and O–H groups in total. The van der Waals surface area contributed by atoms with Crippen molar-refractivity contribution in [3.63, 3.8) is 0 Å². The van der Waals surface area contributed by atoms with E-state index in [1.807, 2.05) is 0 Å². The summed E-state index contributed by atoms with van der Waals surface area (Å²) in [4.78, 5) is 27.4. The van der Waals surface area contributed by atoms with E-state index in [1.54, 1.807) is 0 Å². The highest BCUT2D eigenvalue weighted by Crippen LogP contribution is 2.34. The molecule has 15 heteroatoms. The maximum atomic E-state index is 10.7. The number of amides is 3. The third-order valence-corrected chi connectivity index (χ3v) is 4.49. The van der Waals surface area contributed by atoms with Crippen molar-refractivity contribution in [2.45, 2.75) is 18.5 Å². The van der Waals surface area contributed by atoms with Crippen molar-refractivity contribution >= 4 is 50.0 Å². The van der Waals surface area contributed by atoms with E-state index < -0.39 is 36.3 Å². The van der Waals surface area contributed by atoms with Crippen molar-refractivity contribution in [3.05, 3.63) is 72.8 Å². The Morgan fingerprint density at radius 1 is 0.385 bits per heavy atom. The summed E-state index contributed by atoms with van der Waals surface area (Å²) < 4.78 is 96.3. The summed E-state index contributed by atoms with van der Waals surface area (Å²) in [7, 11) is 0. The minimum absolute atomic E-state index is 1.34. The topological polar surface area (TPSA) is 129 Å². The first kappa shape index (κ1) is 32.5. The molecule has 6 nitrogen and oxygen atoms in total. The Labute approximate surface area is 213 Å². The number of halogens is 9. The fourth-order valence-corrected chi connectivity index (χ4v) is 2.86. The second-order valence-corrected chi connectivity index (χ2v) is 7.22. The number of alkyl halides is 9. The molecule has 3 amide bonds. The molecule has 210 valence electrons. The Hall–Kier alpha value is -4.56. The number of primary amides is 3. The minimum Gasteiger partial charge on any atom is -0.362 e. The summed E-state index contributed by atoms with van der Waals surface area (Å²) in [5, 5.41) is 8.04. The van der Waals surface area contributed by atoms with E-state index >= 15 is 0 Å². The van der Waals surface area contributed by atoms with Crippen LogP contribution in [0, 0.1) is 0 Å². The van der Waals surface area contributed by atoms with E-state index in [1.165, 1.54) is 32.3 Å². The van der Waals surface area contributed by atoms with Gasteiger partial charge < -0.3 is 17.2 Å². The van der Waals surface area contributed by atoms with Gasteiger partial charge in [0.25, 0.3) is 0 Å². The van der Waals surface area contributed by atoms with E-state index in [2.05, 4.69) is 90.0 Å². The van der Waals surface area contributed by atoms with Crippen LogP contribution < -0.4 is 17.2 Å². The van der Waals surface area contributed by atoms with Gasteiger partial charge in [0.2, 0.25) is 0 Å². The molecule has 0 aliphatic rings. The van der Waals surface area contributed by atoms with E-state index in [-0.39, 0.29) is 0 Å². The number of carbonyl (C=O) groups is 3. The molecule has 39 heavy (non-hydrogen) atoms. The summed E-state index contributed by atoms with van der Waals surface area (Å²) in [5.41, 5.74) is 11.4. The average molecular weight is 567 g/mol. The molecule has 0 aliphatic carbocycles. The van der Waals surface area contributed by atoms with E-state index in [0.29, 0.717) is 0 Å². The largest absolute Gasteiger partial charge is 0.470 e. The van der Waals surface area contributed by atoms with Gasteiger partial charge in [-0.25, -0.2) is 0 Å². The smallest absolute Gasteiger partial charge is 0.362 e. The molecule has 0 unspecified atom stereocenters. The number of fused-ring (bicyclic) bond motifs is 6. The van der Waals surface area contributed by atoms with Crippen LogP contribution in [0.5, 0.6) is 0 Å². The second-order valence-electron chi connectivity index (χ2n) is 7.22. The SMILES string of the molecule is NC(=O)C(F)(F)F.NC(=O)C(F)(F)F.NC(=O)C(F)(F)F.c1ccc2c(c1)c1ccccc1c1ccccc21. The molecule has 0 saturated carbocycles. The van der Waals surface area contributed by atoms with Crippen LogP contribution in [-0.2, 0) is 14.4 Å². The van der Waals surface area contributed by atoms with Gasteiger partial charge >= 0.3 is 36.3 Å². The first-order chi connectivity index (χ1) is 17.8. The monoisotopic (exact) mass is 567 g/mol. The quantitative estimate of drug-likeness (QED) is 0.198. The van der Waals surface area contributed by atoms with Gasteiger partial charge in [-0.3, -0.25) is 14.4 Å². The lowest BCUT2D eigenvalue weighted by Crippen LogP contribution is -2.30. The van der Waals surface area contributed by atoms with Crippen molar-refractivity contribution < 1.29 is 53.9 Å². The Balaban J connectivity index is 0.000000305. The standard InChI is InChI=1S/C18H12.3C2H2F3NO/c1-2-8-14-13(7-1)15-9-3-4-11-17(15)18-12-6-5-10-16(14)18;3*3-2(4,5)1(6)7/h1-12H;3*(H2,6,7). The Kier molecular flexibility index (Phi) is 10.7. The highest BCUT2D eigenvalue weighted by atomic mass is 19.4. The molecule has 0 bridgehead atoms. The summed E-state index contributed by atoms with van der Waals surface area (Å²) >= 11 is 0. The lowest BCUT2D eigenvalue weighted by atomic mass is 9.95. The van der Waals surface area contributed by atoms with Crippen molar-refractivity contribution in [1.29, 1.82) is 0 Å². The molecule has 0 heterocycles. The Bertz CT molecular complexity index is 1190. The maximum Gasteiger partial charge on any atom is 0.470 e. The molecule has 0 aliphatic heterocycles. The fraction of sp³-hybridized carbons (Fsp3) is 0.125. The number of rotatable bonds is 0. The molecule has 4 aromatic carbocycles. The highest BCUT2D eigenvalue weighted by molar-refractivity contribution is 6.25. The van der Waals surface area contributed by atoms with Gasteiger partial charge in [0.05, 0.1) is 0 Å². The molecule has 0 aromatic heterocycles. The van der Waals surface area contributed by atoms with Gasteiger partial charge in [-0.1, -0.05) is 72.8 Å². The predicted molar refractivity (Wildman–Crippen MR) is 125 cm³/mol. The van der Waals surface area contributed by atoms with Gasteiger partial charge in [0.1, 0.15) is 0 Å². The molecular formula is C24H18F9N3O3. The van der Waals surface area contributed by atoms with Crippen LogP contribution in [0.1, 0.15) is 0 Å². The molecule has 4 rings (SSSR count). The minimum atomic E-state index is -4.86. The molecule has 0 atom stereocenters. The number of benzene rings is 4. The normalized spacial score (nSPS) is 11.3. The third kappa shape index (κ3) is 9.68. The first-order valence-corrected chi connectivity index (χ1v) is 10.2. The molecule has 0 fully saturated rings.